The third-order valence-corrected chi connectivity index (χ3v) is 3.68. The molecule has 0 radical (unpaired) electrons. The van der Waals surface area contributed by atoms with E-state index in [0.29, 0.717) is 11.6 Å². The minimum absolute atomic E-state index is 0.100. The molecule has 1 aromatic carbocycles. The molecule has 1 N–H and O–H groups in total. The molecule has 6 heteroatoms. The number of para-hydroxylation sites is 1. The Bertz CT molecular complexity index is 865. The average molecular weight is 335 g/mol. The van der Waals surface area contributed by atoms with Gasteiger partial charge in [-0.05, 0) is 24.3 Å². The van der Waals surface area contributed by atoms with Gasteiger partial charge in [-0.2, -0.15) is 5.10 Å². The van der Waals surface area contributed by atoms with Crippen LogP contribution in [0.4, 0.5) is 5.95 Å². The van der Waals surface area contributed by atoms with Gasteiger partial charge in [0.25, 0.3) is 0 Å². The minimum atomic E-state index is -0.190. The lowest BCUT2D eigenvalue weighted by Gasteiger charge is -2.17. The standard InChI is InChI=1S/C19H21N5O/c1-19(2,3)16-9-11-20-18(21-16)22-17(25)13-14-10-12-24(23-14)15-7-5-4-6-8-15/h4-12H,13H2,1-3H3,(H,20,21,22,25). The molecule has 6 nitrogen and oxygen atoms in total. The maximum atomic E-state index is 12.2. The molecule has 0 aliphatic heterocycles. The highest BCUT2D eigenvalue weighted by atomic mass is 16.1. The van der Waals surface area contributed by atoms with Crippen molar-refractivity contribution in [3.63, 3.8) is 0 Å². The van der Waals surface area contributed by atoms with Crippen LogP contribution < -0.4 is 5.32 Å². The summed E-state index contributed by atoms with van der Waals surface area (Å²) in [7, 11) is 0. The molecule has 0 aliphatic carbocycles. The molecule has 3 aromatic rings. The Morgan fingerprint density at radius 2 is 1.88 bits per heavy atom. The van der Waals surface area contributed by atoms with Crippen LogP contribution in [0.25, 0.3) is 5.69 Å². The van der Waals surface area contributed by atoms with E-state index in [2.05, 4.69) is 41.2 Å². The first-order valence-corrected chi connectivity index (χ1v) is 8.15. The summed E-state index contributed by atoms with van der Waals surface area (Å²) in [6.07, 6.45) is 3.67. The van der Waals surface area contributed by atoms with Gasteiger partial charge < -0.3 is 0 Å². The van der Waals surface area contributed by atoms with Gasteiger partial charge in [-0.1, -0.05) is 39.0 Å². The highest BCUT2D eigenvalue weighted by Gasteiger charge is 2.17. The SMILES string of the molecule is CC(C)(C)c1ccnc(NC(=O)Cc2ccn(-c3ccccc3)n2)n1. The van der Waals surface area contributed by atoms with Crippen LogP contribution >= 0.6 is 0 Å². The fourth-order valence-electron chi connectivity index (χ4n) is 2.35. The van der Waals surface area contributed by atoms with Crippen LogP contribution in [0.5, 0.6) is 0 Å². The monoisotopic (exact) mass is 335 g/mol. The molecule has 2 heterocycles. The van der Waals surface area contributed by atoms with Gasteiger partial charge in [0, 0.05) is 17.8 Å². The maximum Gasteiger partial charge on any atom is 0.232 e. The Hall–Kier alpha value is -3.02. The van der Waals surface area contributed by atoms with Crippen molar-refractivity contribution in [3.05, 3.63) is 66.2 Å². The molecular formula is C19H21N5O. The number of amides is 1. The van der Waals surface area contributed by atoms with Crippen LogP contribution in [-0.4, -0.2) is 25.7 Å². The topological polar surface area (TPSA) is 72.7 Å². The summed E-state index contributed by atoms with van der Waals surface area (Å²) >= 11 is 0. The first kappa shape index (κ1) is 16.8. The van der Waals surface area contributed by atoms with Crippen molar-refractivity contribution in [3.8, 4) is 5.69 Å². The van der Waals surface area contributed by atoms with Crippen molar-refractivity contribution in [2.24, 2.45) is 0 Å². The van der Waals surface area contributed by atoms with Crippen LogP contribution in [0.1, 0.15) is 32.2 Å². The molecule has 0 saturated heterocycles. The smallest absolute Gasteiger partial charge is 0.232 e. The van der Waals surface area contributed by atoms with Gasteiger partial charge >= 0.3 is 0 Å². The Balaban J connectivity index is 1.67. The van der Waals surface area contributed by atoms with E-state index in [-0.39, 0.29) is 17.7 Å². The molecule has 0 atom stereocenters. The molecule has 0 saturated carbocycles. The van der Waals surface area contributed by atoms with Crippen LogP contribution in [0.2, 0.25) is 0 Å². The molecule has 1 amide bonds. The molecule has 0 spiro atoms. The zero-order valence-corrected chi connectivity index (χ0v) is 14.6. The molecule has 0 bridgehead atoms. The Kier molecular flexibility index (Phi) is 4.61. The number of carbonyl (C=O) groups is 1. The minimum Gasteiger partial charge on any atom is -0.294 e. The number of anilines is 1. The largest absolute Gasteiger partial charge is 0.294 e. The van der Waals surface area contributed by atoms with Gasteiger partial charge in [0.05, 0.1) is 23.5 Å². The lowest BCUT2D eigenvalue weighted by atomic mass is 9.92. The summed E-state index contributed by atoms with van der Waals surface area (Å²) in [5.74, 6) is 0.129. The predicted octanol–water partition coefficient (Wildman–Crippen LogP) is 3.14. The van der Waals surface area contributed by atoms with E-state index < -0.39 is 0 Å². The normalized spacial score (nSPS) is 11.3. The van der Waals surface area contributed by atoms with Crippen molar-refractivity contribution in [2.75, 3.05) is 5.32 Å². The zero-order valence-electron chi connectivity index (χ0n) is 14.6. The van der Waals surface area contributed by atoms with Crippen molar-refractivity contribution >= 4 is 11.9 Å². The molecule has 25 heavy (non-hydrogen) atoms. The van der Waals surface area contributed by atoms with E-state index >= 15 is 0 Å². The number of nitrogens with zero attached hydrogens (tertiary/aromatic N) is 4. The summed E-state index contributed by atoms with van der Waals surface area (Å²) < 4.78 is 1.75. The van der Waals surface area contributed by atoms with E-state index in [1.54, 1.807) is 10.9 Å². The molecule has 2 aromatic heterocycles. The number of rotatable bonds is 4. The molecule has 128 valence electrons. The molecule has 3 rings (SSSR count). The summed E-state index contributed by atoms with van der Waals surface area (Å²) in [5, 5.41) is 7.18. The lowest BCUT2D eigenvalue weighted by molar-refractivity contribution is -0.115. The quantitative estimate of drug-likeness (QED) is 0.795. The number of hydrogen-bond acceptors (Lipinski definition) is 4. The maximum absolute atomic E-state index is 12.2. The second-order valence-corrected chi connectivity index (χ2v) is 6.83. The molecule has 0 unspecified atom stereocenters. The van der Waals surface area contributed by atoms with E-state index in [4.69, 9.17) is 0 Å². The number of carbonyl (C=O) groups excluding carboxylic acids is 1. The second-order valence-electron chi connectivity index (χ2n) is 6.83. The third-order valence-electron chi connectivity index (χ3n) is 3.68. The van der Waals surface area contributed by atoms with E-state index in [0.717, 1.165) is 11.4 Å². The van der Waals surface area contributed by atoms with Crippen LogP contribution in [0, 0.1) is 0 Å². The number of aromatic nitrogens is 4. The summed E-state index contributed by atoms with van der Waals surface area (Å²) in [6, 6.07) is 13.5. The van der Waals surface area contributed by atoms with Gasteiger partial charge in [0.15, 0.2) is 0 Å². The first-order chi connectivity index (χ1) is 11.9. The number of benzene rings is 1. The van der Waals surface area contributed by atoms with Gasteiger partial charge in [0.2, 0.25) is 11.9 Å². The Morgan fingerprint density at radius 3 is 2.60 bits per heavy atom. The predicted molar refractivity (Wildman–Crippen MR) is 96.6 cm³/mol. The van der Waals surface area contributed by atoms with E-state index in [1.807, 2.05) is 48.7 Å². The zero-order chi connectivity index (χ0) is 17.9. The average Bonchev–Trinajstić information content (AvgIpc) is 3.03. The Morgan fingerprint density at radius 1 is 1.12 bits per heavy atom. The van der Waals surface area contributed by atoms with Gasteiger partial charge in [0.1, 0.15) is 0 Å². The number of nitrogens with one attached hydrogen (secondary N) is 1. The molecule has 0 fully saturated rings. The summed E-state index contributed by atoms with van der Waals surface area (Å²) in [4.78, 5) is 20.8. The first-order valence-electron chi connectivity index (χ1n) is 8.15. The highest BCUT2D eigenvalue weighted by molar-refractivity contribution is 5.90. The number of hydrogen-bond donors (Lipinski definition) is 1. The van der Waals surface area contributed by atoms with E-state index in [9.17, 15) is 4.79 Å². The molecular weight excluding hydrogens is 314 g/mol. The highest BCUT2D eigenvalue weighted by Crippen LogP contribution is 2.20. The van der Waals surface area contributed by atoms with Crippen LogP contribution in [0.15, 0.2) is 54.9 Å². The van der Waals surface area contributed by atoms with Crippen LogP contribution in [0.3, 0.4) is 0 Å². The van der Waals surface area contributed by atoms with E-state index in [1.165, 1.54) is 0 Å². The summed E-state index contributed by atoms with van der Waals surface area (Å²) in [5.41, 5.74) is 2.42. The van der Waals surface area contributed by atoms with Crippen molar-refractivity contribution in [1.29, 1.82) is 0 Å². The molecule has 0 aliphatic rings. The van der Waals surface area contributed by atoms with Crippen molar-refractivity contribution in [2.45, 2.75) is 32.6 Å². The van der Waals surface area contributed by atoms with Crippen LogP contribution in [-0.2, 0) is 16.6 Å². The lowest BCUT2D eigenvalue weighted by Crippen LogP contribution is -2.19. The third kappa shape index (κ3) is 4.29. The van der Waals surface area contributed by atoms with Gasteiger partial charge in [-0.15, -0.1) is 0 Å². The summed E-state index contributed by atoms with van der Waals surface area (Å²) in [6.45, 7) is 6.20. The fraction of sp³-hybridized carbons (Fsp3) is 0.263. The second kappa shape index (κ2) is 6.84. The van der Waals surface area contributed by atoms with Crippen molar-refractivity contribution in [1.82, 2.24) is 19.7 Å². The van der Waals surface area contributed by atoms with Gasteiger partial charge in [-0.25, -0.2) is 14.6 Å². The fourth-order valence-corrected chi connectivity index (χ4v) is 2.35. The van der Waals surface area contributed by atoms with Gasteiger partial charge in [-0.3, -0.25) is 10.1 Å². The Labute approximate surface area is 146 Å². The van der Waals surface area contributed by atoms with Crippen molar-refractivity contribution < 1.29 is 4.79 Å².